The second kappa shape index (κ2) is 10.0. The summed E-state index contributed by atoms with van der Waals surface area (Å²) >= 11 is 5.85. The molecule has 36 heavy (non-hydrogen) atoms. The van der Waals surface area contributed by atoms with Crippen molar-refractivity contribution < 1.29 is 24.2 Å². The SMILES string of the molecule is O=C(Cn1ccc2c(C=NNC(=O)c3ccc(O)c(Cl)c3)cccc21)NCc1ccc2c(c1)OCO2. The van der Waals surface area contributed by atoms with Crippen LogP contribution in [0, 0.1) is 0 Å². The third-order valence-electron chi connectivity index (χ3n) is 5.67. The molecule has 182 valence electrons. The lowest BCUT2D eigenvalue weighted by Crippen LogP contribution is -2.26. The number of hydrazone groups is 1. The molecule has 0 unspecified atom stereocenters. The van der Waals surface area contributed by atoms with Gasteiger partial charge >= 0.3 is 0 Å². The van der Waals surface area contributed by atoms with Gasteiger partial charge in [0.1, 0.15) is 12.3 Å². The molecule has 0 fully saturated rings. The number of aromatic hydroxyl groups is 1. The Morgan fingerprint density at radius 3 is 2.81 bits per heavy atom. The van der Waals surface area contributed by atoms with Crippen LogP contribution in [-0.4, -0.2) is 34.5 Å². The maximum Gasteiger partial charge on any atom is 0.271 e. The van der Waals surface area contributed by atoms with Crippen molar-refractivity contribution in [3.05, 3.63) is 88.6 Å². The molecule has 0 aliphatic carbocycles. The average Bonchev–Trinajstić information content (AvgIpc) is 3.51. The number of ether oxygens (including phenoxy) is 2. The number of nitrogens with zero attached hydrogens (tertiary/aromatic N) is 2. The van der Waals surface area contributed by atoms with Gasteiger partial charge in [-0.15, -0.1) is 0 Å². The molecule has 0 saturated carbocycles. The molecule has 0 spiro atoms. The first-order valence-corrected chi connectivity index (χ1v) is 11.4. The quantitative estimate of drug-likeness (QED) is 0.261. The van der Waals surface area contributed by atoms with E-state index in [9.17, 15) is 14.7 Å². The molecule has 3 N–H and O–H groups in total. The first-order valence-electron chi connectivity index (χ1n) is 11.0. The molecular weight excluding hydrogens is 484 g/mol. The summed E-state index contributed by atoms with van der Waals surface area (Å²) in [6, 6.07) is 17.2. The van der Waals surface area contributed by atoms with Gasteiger partial charge in [-0.1, -0.05) is 29.8 Å². The predicted molar refractivity (Wildman–Crippen MR) is 135 cm³/mol. The summed E-state index contributed by atoms with van der Waals surface area (Å²) in [7, 11) is 0. The first-order chi connectivity index (χ1) is 17.5. The number of rotatable bonds is 7. The molecule has 10 heteroatoms. The summed E-state index contributed by atoms with van der Waals surface area (Å²) in [4.78, 5) is 24.9. The molecule has 0 bridgehead atoms. The van der Waals surface area contributed by atoms with Crippen molar-refractivity contribution in [3.63, 3.8) is 0 Å². The normalized spacial score (nSPS) is 12.2. The van der Waals surface area contributed by atoms with E-state index in [2.05, 4.69) is 15.8 Å². The van der Waals surface area contributed by atoms with Crippen LogP contribution in [0.1, 0.15) is 21.5 Å². The molecule has 9 nitrogen and oxygen atoms in total. The Balaban J connectivity index is 1.22. The second-order valence-electron chi connectivity index (χ2n) is 8.05. The van der Waals surface area contributed by atoms with Gasteiger partial charge in [0.25, 0.3) is 5.91 Å². The number of amides is 2. The summed E-state index contributed by atoms with van der Waals surface area (Å²) < 4.78 is 12.5. The van der Waals surface area contributed by atoms with Crippen molar-refractivity contribution in [2.45, 2.75) is 13.1 Å². The third kappa shape index (κ3) is 4.96. The molecule has 0 radical (unpaired) electrons. The summed E-state index contributed by atoms with van der Waals surface area (Å²) in [5, 5.41) is 17.4. The van der Waals surface area contributed by atoms with E-state index in [1.54, 1.807) is 0 Å². The lowest BCUT2D eigenvalue weighted by atomic mass is 10.1. The largest absolute Gasteiger partial charge is 0.506 e. The van der Waals surface area contributed by atoms with E-state index in [0.717, 1.165) is 22.0 Å². The predicted octanol–water partition coefficient (Wildman–Crippen LogP) is 3.81. The Labute approximate surface area is 210 Å². The van der Waals surface area contributed by atoms with Gasteiger partial charge in [0.15, 0.2) is 11.5 Å². The lowest BCUT2D eigenvalue weighted by molar-refractivity contribution is -0.121. The highest BCUT2D eigenvalue weighted by Crippen LogP contribution is 2.32. The van der Waals surface area contributed by atoms with E-state index in [1.807, 2.05) is 53.2 Å². The minimum atomic E-state index is -0.461. The highest BCUT2D eigenvalue weighted by Gasteiger charge is 2.14. The minimum Gasteiger partial charge on any atom is -0.506 e. The van der Waals surface area contributed by atoms with Gasteiger partial charge in [0.05, 0.1) is 11.2 Å². The molecule has 4 aromatic rings. The van der Waals surface area contributed by atoms with Crippen molar-refractivity contribution in [1.82, 2.24) is 15.3 Å². The van der Waals surface area contributed by atoms with Crippen molar-refractivity contribution in [2.24, 2.45) is 5.10 Å². The van der Waals surface area contributed by atoms with E-state index in [4.69, 9.17) is 21.1 Å². The van der Waals surface area contributed by atoms with Gasteiger partial charge < -0.3 is 24.5 Å². The van der Waals surface area contributed by atoms with E-state index in [1.165, 1.54) is 24.4 Å². The topological polar surface area (TPSA) is 114 Å². The zero-order chi connectivity index (χ0) is 25.1. The van der Waals surface area contributed by atoms with Crippen LogP contribution in [0.2, 0.25) is 5.02 Å². The number of nitrogens with one attached hydrogen (secondary N) is 2. The minimum absolute atomic E-state index is 0.0812. The van der Waals surface area contributed by atoms with E-state index >= 15 is 0 Å². The smallest absolute Gasteiger partial charge is 0.271 e. The van der Waals surface area contributed by atoms with Gasteiger partial charge in [-0.05, 0) is 48.0 Å². The Hall–Kier alpha value is -4.50. The summed E-state index contributed by atoms with van der Waals surface area (Å²) in [6.07, 6.45) is 3.37. The van der Waals surface area contributed by atoms with Gasteiger partial charge in [-0.25, -0.2) is 5.43 Å². The number of halogens is 1. The van der Waals surface area contributed by atoms with Crippen molar-refractivity contribution in [3.8, 4) is 17.2 Å². The lowest BCUT2D eigenvalue weighted by Gasteiger charge is -2.08. The molecule has 0 saturated heterocycles. The summed E-state index contributed by atoms with van der Waals surface area (Å²) in [5.41, 5.74) is 5.26. The number of benzene rings is 3. The molecule has 2 amide bonds. The fourth-order valence-electron chi connectivity index (χ4n) is 3.83. The molecule has 0 atom stereocenters. The molecular formula is C26H21ClN4O5. The molecule has 3 aromatic carbocycles. The van der Waals surface area contributed by atoms with Crippen LogP contribution in [-0.2, 0) is 17.9 Å². The van der Waals surface area contributed by atoms with Gasteiger partial charge in [0.2, 0.25) is 12.7 Å². The molecule has 5 rings (SSSR count). The van der Waals surface area contributed by atoms with Crippen LogP contribution >= 0.6 is 11.6 Å². The average molecular weight is 505 g/mol. The van der Waals surface area contributed by atoms with Gasteiger partial charge in [-0.2, -0.15) is 5.10 Å². The zero-order valence-electron chi connectivity index (χ0n) is 18.9. The Morgan fingerprint density at radius 2 is 1.94 bits per heavy atom. The Morgan fingerprint density at radius 1 is 1.08 bits per heavy atom. The van der Waals surface area contributed by atoms with Crippen LogP contribution < -0.4 is 20.2 Å². The van der Waals surface area contributed by atoms with E-state index < -0.39 is 5.91 Å². The Bertz CT molecular complexity index is 1500. The van der Waals surface area contributed by atoms with E-state index in [0.29, 0.717) is 18.0 Å². The maximum absolute atomic E-state index is 12.6. The fraction of sp³-hybridized carbons (Fsp3) is 0.115. The number of hydrogen-bond acceptors (Lipinski definition) is 6. The maximum atomic E-state index is 12.6. The molecule has 2 heterocycles. The number of phenolic OH excluding ortho intramolecular Hbond substituents is 1. The number of carbonyl (C=O) groups is 2. The zero-order valence-corrected chi connectivity index (χ0v) is 19.7. The summed E-state index contributed by atoms with van der Waals surface area (Å²) in [5.74, 6) is 0.679. The van der Waals surface area contributed by atoms with Crippen LogP contribution in [0.4, 0.5) is 0 Å². The highest BCUT2D eigenvalue weighted by molar-refractivity contribution is 6.32. The summed E-state index contributed by atoms with van der Waals surface area (Å²) in [6.45, 7) is 0.726. The van der Waals surface area contributed by atoms with Gasteiger partial charge in [-0.3, -0.25) is 9.59 Å². The van der Waals surface area contributed by atoms with E-state index in [-0.39, 0.29) is 35.6 Å². The molecule has 1 aliphatic heterocycles. The number of phenols is 1. The van der Waals surface area contributed by atoms with Crippen molar-refractivity contribution in [1.29, 1.82) is 0 Å². The van der Waals surface area contributed by atoms with Crippen LogP contribution in [0.5, 0.6) is 17.2 Å². The first kappa shape index (κ1) is 23.3. The molecule has 1 aromatic heterocycles. The van der Waals surface area contributed by atoms with Crippen LogP contribution in [0.15, 0.2) is 72.0 Å². The number of aromatic nitrogens is 1. The monoisotopic (exact) mass is 504 g/mol. The standard InChI is InChI=1S/C26H21ClN4O5/c27-20-11-17(5-6-22(20)32)26(34)30-29-13-18-2-1-3-21-19(18)8-9-31(21)14-25(33)28-12-16-4-7-23-24(10-16)36-15-35-23/h1-11,13,32H,12,14-15H2,(H,28,33)(H,30,34). The van der Waals surface area contributed by atoms with Crippen molar-refractivity contribution in [2.75, 3.05) is 6.79 Å². The van der Waals surface area contributed by atoms with Crippen molar-refractivity contribution >= 4 is 40.5 Å². The second-order valence-corrected chi connectivity index (χ2v) is 8.46. The highest BCUT2D eigenvalue weighted by atomic mass is 35.5. The molecule has 1 aliphatic rings. The van der Waals surface area contributed by atoms with Crippen LogP contribution in [0.25, 0.3) is 10.9 Å². The fourth-order valence-corrected chi connectivity index (χ4v) is 4.01. The number of fused-ring (bicyclic) bond motifs is 2. The third-order valence-corrected chi connectivity index (χ3v) is 5.97. The number of hydrogen-bond donors (Lipinski definition) is 3. The number of carbonyl (C=O) groups excluding carboxylic acids is 2. The van der Waals surface area contributed by atoms with Gasteiger partial charge in [0, 0.05) is 34.8 Å². The Kier molecular flexibility index (Phi) is 6.46. The van der Waals surface area contributed by atoms with Crippen LogP contribution in [0.3, 0.4) is 0 Å².